The van der Waals surface area contributed by atoms with Crippen molar-refractivity contribution in [3.05, 3.63) is 29.3 Å². The summed E-state index contributed by atoms with van der Waals surface area (Å²) in [6.45, 7) is 3.63. The largest absolute Gasteiger partial charge is 0.315 e. The number of nitrogens with zero attached hydrogens (tertiary/aromatic N) is 1. The van der Waals surface area contributed by atoms with Gasteiger partial charge >= 0.3 is 0 Å². The molecule has 2 amide bonds. The van der Waals surface area contributed by atoms with E-state index in [1.54, 1.807) is 0 Å². The van der Waals surface area contributed by atoms with Crippen LogP contribution in [0.3, 0.4) is 0 Å². The number of hydrogen-bond donors (Lipinski definition) is 2. The second kappa shape index (κ2) is 7.87. The third-order valence-electron chi connectivity index (χ3n) is 3.39. The Bertz CT molecular complexity index is 706. The highest BCUT2D eigenvalue weighted by molar-refractivity contribution is 7.89. The van der Waals surface area contributed by atoms with E-state index in [0.29, 0.717) is 6.54 Å². The van der Waals surface area contributed by atoms with Crippen LogP contribution in [0.4, 0.5) is 0 Å². The van der Waals surface area contributed by atoms with Gasteiger partial charge in [-0.25, -0.2) is 13.1 Å². The van der Waals surface area contributed by atoms with Gasteiger partial charge in [0.2, 0.25) is 10.0 Å². The SMILES string of the molecule is CCCNCCNS(=O)(=O)c1ccc2c(c1)C(=O)N(C)C2=O.Cl. The minimum Gasteiger partial charge on any atom is -0.315 e. The van der Waals surface area contributed by atoms with E-state index in [1.807, 2.05) is 6.92 Å². The highest BCUT2D eigenvalue weighted by atomic mass is 35.5. The van der Waals surface area contributed by atoms with Crippen molar-refractivity contribution in [2.24, 2.45) is 0 Å². The number of halogens is 1. The first-order chi connectivity index (χ1) is 10.4. The van der Waals surface area contributed by atoms with Crippen LogP contribution in [0, 0.1) is 0 Å². The van der Waals surface area contributed by atoms with Gasteiger partial charge in [0.05, 0.1) is 16.0 Å². The predicted octanol–water partition coefficient (Wildman–Crippen LogP) is 0.612. The number of hydrogen-bond acceptors (Lipinski definition) is 5. The van der Waals surface area contributed by atoms with Gasteiger partial charge < -0.3 is 5.32 Å². The predicted molar refractivity (Wildman–Crippen MR) is 88.5 cm³/mol. The first-order valence-electron chi connectivity index (χ1n) is 7.05. The summed E-state index contributed by atoms with van der Waals surface area (Å²) in [6.07, 6.45) is 0.973. The molecule has 0 unspecified atom stereocenters. The van der Waals surface area contributed by atoms with Gasteiger partial charge in [0.15, 0.2) is 0 Å². The molecule has 2 rings (SSSR count). The maximum Gasteiger partial charge on any atom is 0.261 e. The highest BCUT2D eigenvalue weighted by Gasteiger charge is 2.33. The van der Waals surface area contributed by atoms with E-state index < -0.39 is 21.8 Å². The number of carbonyl (C=O) groups excluding carboxylic acids is 2. The summed E-state index contributed by atoms with van der Waals surface area (Å²) in [5.74, 6) is -0.901. The van der Waals surface area contributed by atoms with E-state index in [2.05, 4.69) is 10.0 Å². The summed E-state index contributed by atoms with van der Waals surface area (Å²) >= 11 is 0. The van der Waals surface area contributed by atoms with Crippen LogP contribution in [-0.4, -0.2) is 51.8 Å². The molecule has 1 heterocycles. The van der Waals surface area contributed by atoms with Gasteiger partial charge in [-0.3, -0.25) is 14.5 Å². The standard InChI is InChI=1S/C14H19N3O4S.ClH/c1-3-6-15-7-8-16-22(20,21)10-4-5-11-12(9-10)14(19)17(2)13(11)18;/h4-5,9,15-16H,3,6-8H2,1-2H3;1H. The average Bonchev–Trinajstić information content (AvgIpc) is 2.71. The Morgan fingerprint density at radius 3 is 2.35 bits per heavy atom. The molecule has 128 valence electrons. The molecule has 1 aliphatic rings. The van der Waals surface area contributed by atoms with E-state index in [4.69, 9.17) is 0 Å². The number of amides is 2. The molecule has 0 radical (unpaired) electrons. The molecule has 1 aromatic rings. The lowest BCUT2D eigenvalue weighted by Crippen LogP contribution is -2.32. The number of imide groups is 1. The maximum atomic E-state index is 12.2. The highest BCUT2D eigenvalue weighted by Crippen LogP contribution is 2.24. The smallest absolute Gasteiger partial charge is 0.261 e. The molecule has 1 aromatic carbocycles. The number of nitrogens with one attached hydrogen (secondary N) is 2. The Hall–Kier alpha value is -1.48. The molecular formula is C14H20ClN3O4S. The van der Waals surface area contributed by atoms with E-state index in [9.17, 15) is 18.0 Å². The number of sulfonamides is 1. The average molecular weight is 362 g/mol. The fourth-order valence-corrected chi connectivity index (χ4v) is 3.22. The van der Waals surface area contributed by atoms with Crippen LogP contribution in [0.2, 0.25) is 0 Å². The Balaban J connectivity index is 0.00000264. The van der Waals surface area contributed by atoms with Crippen LogP contribution in [0.15, 0.2) is 23.1 Å². The third kappa shape index (κ3) is 4.08. The Kier molecular flexibility index (Phi) is 6.69. The molecule has 2 N–H and O–H groups in total. The van der Waals surface area contributed by atoms with E-state index in [0.717, 1.165) is 17.9 Å². The fourth-order valence-electron chi connectivity index (χ4n) is 2.17. The lowest BCUT2D eigenvalue weighted by molar-refractivity contribution is 0.0693. The first kappa shape index (κ1) is 19.6. The zero-order valence-electron chi connectivity index (χ0n) is 13.0. The zero-order chi connectivity index (χ0) is 16.3. The van der Waals surface area contributed by atoms with Crippen molar-refractivity contribution in [2.45, 2.75) is 18.2 Å². The second-order valence-electron chi connectivity index (χ2n) is 5.02. The normalized spacial score (nSPS) is 13.9. The molecule has 0 spiro atoms. The third-order valence-corrected chi connectivity index (χ3v) is 4.85. The van der Waals surface area contributed by atoms with E-state index in [1.165, 1.54) is 25.2 Å². The molecule has 0 bridgehead atoms. The Morgan fingerprint density at radius 1 is 1.04 bits per heavy atom. The van der Waals surface area contributed by atoms with Gasteiger partial charge in [-0.15, -0.1) is 12.4 Å². The molecule has 0 saturated carbocycles. The minimum absolute atomic E-state index is 0. The summed E-state index contributed by atoms with van der Waals surface area (Å²) in [7, 11) is -2.33. The Labute approximate surface area is 141 Å². The zero-order valence-corrected chi connectivity index (χ0v) is 14.6. The molecular weight excluding hydrogens is 342 g/mol. The summed E-state index contributed by atoms with van der Waals surface area (Å²) < 4.78 is 26.8. The van der Waals surface area contributed by atoms with E-state index >= 15 is 0 Å². The summed E-state index contributed by atoms with van der Waals surface area (Å²) in [5.41, 5.74) is 0.357. The van der Waals surface area contributed by atoms with Crippen LogP contribution in [-0.2, 0) is 10.0 Å². The fraction of sp³-hybridized carbons (Fsp3) is 0.429. The van der Waals surface area contributed by atoms with Crippen LogP contribution in [0.5, 0.6) is 0 Å². The molecule has 0 fully saturated rings. The van der Waals surface area contributed by atoms with Gasteiger partial charge in [0, 0.05) is 20.1 Å². The number of benzene rings is 1. The van der Waals surface area contributed by atoms with Crippen LogP contribution in [0.1, 0.15) is 34.1 Å². The van der Waals surface area contributed by atoms with Crippen LogP contribution < -0.4 is 10.0 Å². The second-order valence-corrected chi connectivity index (χ2v) is 6.79. The summed E-state index contributed by atoms with van der Waals surface area (Å²) in [4.78, 5) is 24.6. The van der Waals surface area contributed by atoms with Crippen molar-refractivity contribution in [3.8, 4) is 0 Å². The van der Waals surface area contributed by atoms with E-state index in [-0.39, 0.29) is 35.0 Å². The minimum atomic E-state index is -3.70. The van der Waals surface area contributed by atoms with Gasteiger partial charge in [-0.05, 0) is 31.2 Å². The first-order valence-corrected chi connectivity index (χ1v) is 8.53. The summed E-state index contributed by atoms with van der Waals surface area (Å²) in [6, 6.07) is 3.97. The molecule has 9 heteroatoms. The van der Waals surface area contributed by atoms with Crippen molar-refractivity contribution >= 4 is 34.2 Å². The summed E-state index contributed by atoms with van der Waals surface area (Å²) in [5, 5.41) is 3.09. The van der Waals surface area contributed by atoms with Crippen LogP contribution in [0.25, 0.3) is 0 Å². The van der Waals surface area contributed by atoms with Gasteiger partial charge in [0.1, 0.15) is 0 Å². The van der Waals surface area contributed by atoms with Crippen molar-refractivity contribution in [2.75, 3.05) is 26.7 Å². The lowest BCUT2D eigenvalue weighted by atomic mass is 10.1. The number of rotatable bonds is 7. The molecule has 0 aliphatic carbocycles. The molecule has 0 saturated heterocycles. The number of fused-ring (bicyclic) bond motifs is 1. The van der Waals surface area contributed by atoms with Gasteiger partial charge in [-0.2, -0.15) is 0 Å². The molecule has 0 aromatic heterocycles. The number of carbonyl (C=O) groups is 2. The van der Waals surface area contributed by atoms with Crippen molar-refractivity contribution in [1.29, 1.82) is 0 Å². The maximum absolute atomic E-state index is 12.2. The quantitative estimate of drug-likeness (QED) is 0.548. The van der Waals surface area contributed by atoms with Crippen molar-refractivity contribution in [1.82, 2.24) is 14.9 Å². The topological polar surface area (TPSA) is 95.6 Å². The van der Waals surface area contributed by atoms with Gasteiger partial charge in [-0.1, -0.05) is 6.92 Å². The van der Waals surface area contributed by atoms with Gasteiger partial charge in [0.25, 0.3) is 11.8 Å². The molecule has 23 heavy (non-hydrogen) atoms. The Morgan fingerprint density at radius 2 is 1.70 bits per heavy atom. The molecule has 0 atom stereocenters. The molecule has 7 nitrogen and oxygen atoms in total. The monoisotopic (exact) mass is 361 g/mol. The van der Waals surface area contributed by atoms with Crippen molar-refractivity contribution < 1.29 is 18.0 Å². The van der Waals surface area contributed by atoms with Crippen LogP contribution >= 0.6 is 12.4 Å². The lowest BCUT2D eigenvalue weighted by Gasteiger charge is -2.08. The molecule has 1 aliphatic heterocycles. The van der Waals surface area contributed by atoms with Crippen molar-refractivity contribution in [3.63, 3.8) is 0 Å².